The Morgan fingerprint density at radius 2 is 1.62 bits per heavy atom. The minimum absolute atomic E-state index is 0.0859. The number of carbonyl (C=O) groups is 1. The van der Waals surface area contributed by atoms with Gasteiger partial charge in [-0.3, -0.25) is 4.79 Å². The van der Waals surface area contributed by atoms with E-state index in [-0.39, 0.29) is 11.7 Å². The number of amides is 1. The van der Waals surface area contributed by atoms with E-state index in [9.17, 15) is 9.18 Å². The Balaban J connectivity index is 1.31. The van der Waals surface area contributed by atoms with Crippen molar-refractivity contribution in [3.05, 3.63) is 48.2 Å². The van der Waals surface area contributed by atoms with Gasteiger partial charge in [-0.15, -0.1) is 0 Å². The van der Waals surface area contributed by atoms with Crippen LogP contribution in [0.15, 0.2) is 36.7 Å². The number of rotatable bonds is 4. The van der Waals surface area contributed by atoms with Crippen molar-refractivity contribution in [2.75, 3.05) is 36.4 Å². The molecule has 29 heavy (non-hydrogen) atoms. The number of halogens is 1. The Labute approximate surface area is 171 Å². The molecule has 0 bridgehead atoms. The second-order valence-corrected chi connectivity index (χ2v) is 7.88. The molecule has 2 fully saturated rings. The van der Waals surface area contributed by atoms with Crippen LogP contribution in [0.2, 0.25) is 0 Å². The molecule has 7 heteroatoms. The van der Waals surface area contributed by atoms with E-state index in [4.69, 9.17) is 0 Å². The van der Waals surface area contributed by atoms with Gasteiger partial charge in [-0.25, -0.2) is 14.4 Å². The number of nitrogens with one attached hydrogen (secondary N) is 1. The molecule has 1 aliphatic carbocycles. The van der Waals surface area contributed by atoms with Gasteiger partial charge >= 0.3 is 0 Å². The minimum Gasteiger partial charge on any atom is -0.368 e. The van der Waals surface area contributed by atoms with Crippen LogP contribution >= 0.6 is 0 Å². The quantitative estimate of drug-likeness (QED) is 0.797. The standard InChI is InChI=1S/C22H28FN5O/c23-17-7-9-19(10-8-17)27-11-13-28(14-12-27)22(29)20-15-25-21(16-24-20)26-18-5-3-1-2-4-6-18/h7-10,15-16,18H,1-6,11-14H2,(H,25,26). The molecule has 1 aliphatic heterocycles. The molecule has 0 spiro atoms. The highest BCUT2D eigenvalue weighted by molar-refractivity contribution is 5.92. The van der Waals surface area contributed by atoms with Gasteiger partial charge in [-0.1, -0.05) is 25.7 Å². The molecule has 2 aromatic rings. The molecule has 1 saturated carbocycles. The summed E-state index contributed by atoms with van der Waals surface area (Å²) in [4.78, 5) is 25.5. The number of carbonyl (C=O) groups excluding carboxylic acids is 1. The molecule has 2 heterocycles. The highest BCUT2D eigenvalue weighted by Gasteiger charge is 2.23. The summed E-state index contributed by atoms with van der Waals surface area (Å²) in [5, 5.41) is 3.46. The topological polar surface area (TPSA) is 61.4 Å². The van der Waals surface area contributed by atoms with Crippen LogP contribution in [0.3, 0.4) is 0 Å². The van der Waals surface area contributed by atoms with Crippen molar-refractivity contribution in [1.29, 1.82) is 0 Å². The van der Waals surface area contributed by atoms with E-state index in [1.165, 1.54) is 50.7 Å². The predicted octanol–water partition coefficient (Wildman–Crippen LogP) is 3.71. The molecule has 1 saturated heterocycles. The number of benzene rings is 1. The fourth-order valence-electron chi connectivity index (χ4n) is 4.13. The molecule has 1 aromatic carbocycles. The fourth-order valence-corrected chi connectivity index (χ4v) is 4.13. The van der Waals surface area contributed by atoms with Crippen LogP contribution in [-0.2, 0) is 0 Å². The molecule has 4 rings (SSSR count). The van der Waals surface area contributed by atoms with Crippen molar-refractivity contribution < 1.29 is 9.18 Å². The van der Waals surface area contributed by atoms with E-state index in [1.807, 2.05) is 4.90 Å². The molecular formula is C22H28FN5O. The van der Waals surface area contributed by atoms with Crippen molar-refractivity contribution in [3.8, 4) is 0 Å². The van der Waals surface area contributed by atoms with Gasteiger partial charge in [0.05, 0.1) is 12.4 Å². The van der Waals surface area contributed by atoms with E-state index < -0.39 is 0 Å². The Morgan fingerprint density at radius 1 is 0.931 bits per heavy atom. The lowest BCUT2D eigenvalue weighted by molar-refractivity contribution is 0.0740. The van der Waals surface area contributed by atoms with Crippen LogP contribution in [0.1, 0.15) is 49.0 Å². The summed E-state index contributed by atoms with van der Waals surface area (Å²) in [5.41, 5.74) is 1.36. The van der Waals surface area contributed by atoms with Crippen molar-refractivity contribution in [1.82, 2.24) is 14.9 Å². The number of hydrogen-bond donors (Lipinski definition) is 1. The summed E-state index contributed by atoms with van der Waals surface area (Å²) in [6, 6.07) is 6.93. The lowest BCUT2D eigenvalue weighted by Crippen LogP contribution is -2.49. The number of nitrogens with zero attached hydrogens (tertiary/aromatic N) is 4. The third kappa shape index (κ3) is 5.02. The van der Waals surface area contributed by atoms with E-state index in [0.717, 1.165) is 11.5 Å². The summed E-state index contributed by atoms with van der Waals surface area (Å²) < 4.78 is 13.1. The van der Waals surface area contributed by atoms with E-state index >= 15 is 0 Å². The lowest BCUT2D eigenvalue weighted by atomic mass is 10.1. The zero-order valence-corrected chi connectivity index (χ0v) is 16.7. The van der Waals surface area contributed by atoms with Gasteiger partial charge in [-0.05, 0) is 37.1 Å². The Hall–Kier alpha value is -2.70. The molecule has 0 atom stereocenters. The first-order valence-electron chi connectivity index (χ1n) is 10.6. The number of piperazine rings is 1. The predicted molar refractivity (Wildman–Crippen MR) is 112 cm³/mol. The lowest BCUT2D eigenvalue weighted by Gasteiger charge is -2.36. The van der Waals surface area contributed by atoms with E-state index in [2.05, 4.69) is 20.2 Å². The summed E-state index contributed by atoms with van der Waals surface area (Å²) in [6.45, 7) is 2.65. The van der Waals surface area contributed by atoms with Gasteiger partial charge in [0.25, 0.3) is 5.91 Å². The normalized spacial score (nSPS) is 18.4. The van der Waals surface area contributed by atoms with Crippen LogP contribution in [0.25, 0.3) is 0 Å². The molecule has 0 radical (unpaired) electrons. The van der Waals surface area contributed by atoms with Gasteiger partial charge in [0.1, 0.15) is 17.3 Å². The molecule has 154 valence electrons. The first-order valence-corrected chi connectivity index (χ1v) is 10.6. The largest absolute Gasteiger partial charge is 0.368 e. The molecular weight excluding hydrogens is 369 g/mol. The van der Waals surface area contributed by atoms with Gasteiger partial charge in [0.15, 0.2) is 0 Å². The molecule has 1 N–H and O–H groups in total. The minimum atomic E-state index is -0.238. The Morgan fingerprint density at radius 3 is 2.24 bits per heavy atom. The Bertz CT molecular complexity index is 795. The van der Waals surface area contributed by atoms with Gasteiger partial charge in [0.2, 0.25) is 0 Å². The van der Waals surface area contributed by atoms with Gasteiger partial charge in [-0.2, -0.15) is 0 Å². The second kappa shape index (κ2) is 9.20. The van der Waals surface area contributed by atoms with Crippen molar-refractivity contribution in [2.24, 2.45) is 0 Å². The fraction of sp³-hybridized carbons (Fsp3) is 0.500. The smallest absolute Gasteiger partial charge is 0.274 e. The van der Waals surface area contributed by atoms with Crippen LogP contribution < -0.4 is 10.2 Å². The average Bonchev–Trinajstić information content (AvgIpc) is 3.03. The second-order valence-electron chi connectivity index (χ2n) is 7.88. The van der Waals surface area contributed by atoms with Crippen LogP contribution in [0.4, 0.5) is 15.9 Å². The SMILES string of the molecule is O=C(c1cnc(NC2CCCCCC2)cn1)N1CCN(c2ccc(F)cc2)CC1. The zero-order valence-electron chi connectivity index (χ0n) is 16.7. The third-order valence-corrected chi connectivity index (χ3v) is 5.84. The summed E-state index contributed by atoms with van der Waals surface area (Å²) in [5.74, 6) is 0.421. The maximum Gasteiger partial charge on any atom is 0.274 e. The summed E-state index contributed by atoms with van der Waals surface area (Å²) in [7, 11) is 0. The molecule has 6 nitrogen and oxygen atoms in total. The first kappa shape index (κ1) is 19.6. The molecule has 0 unspecified atom stereocenters. The van der Waals surface area contributed by atoms with Crippen LogP contribution in [0, 0.1) is 5.82 Å². The number of hydrogen-bond acceptors (Lipinski definition) is 5. The highest BCUT2D eigenvalue weighted by atomic mass is 19.1. The number of anilines is 2. The summed E-state index contributed by atoms with van der Waals surface area (Å²) >= 11 is 0. The maximum absolute atomic E-state index is 13.1. The number of aromatic nitrogens is 2. The van der Waals surface area contributed by atoms with Crippen molar-refractivity contribution >= 4 is 17.4 Å². The highest BCUT2D eigenvalue weighted by Crippen LogP contribution is 2.21. The van der Waals surface area contributed by atoms with Crippen molar-refractivity contribution in [3.63, 3.8) is 0 Å². The van der Waals surface area contributed by atoms with Crippen molar-refractivity contribution in [2.45, 2.75) is 44.6 Å². The van der Waals surface area contributed by atoms with Crippen LogP contribution in [0.5, 0.6) is 0 Å². The molecule has 2 aliphatic rings. The maximum atomic E-state index is 13.1. The van der Waals surface area contributed by atoms with E-state index in [1.54, 1.807) is 24.5 Å². The van der Waals surface area contributed by atoms with E-state index in [0.29, 0.717) is 37.9 Å². The van der Waals surface area contributed by atoms with Gasteiger partial charge < -0.3 is 15.1 Å². The van der Waals surface area contributed by atoms with Gasteiger partial charge in [0, 0.05) is 37.9 Å². The van der Waals surface area contributed by atoms with Crippen LogP contribution in [-0.4, -0.2) is 53.0 Å². The first-order chi connectivity index (χ1) is 14.2. The molecule has 1 amide bonds. The summed E-state index contributed by atoms with van der Waals surface area (Å²) in [6.07, 6.45) is 10.7. The molecule has 1 aromatic heterocycles. The zero-order chi connectivity index (χ0) is 20.1. The Kier molecular flexibility index (Phi) is 6.22. The third-order valence-electron chi connectivity index (χ3n) is 5.84. The monoisotopic (exact) mass is 397 g/mol. The average molecular weight is 397 g/mol.